The molecule has 0 fully saturated rings. The number of nitrogens with one attached hydrogen (secondary N) is 1. The summed E-state index contributed by atoms with van der Waals surface area (Å²) >= 11 is 11.7. The molecule has 0 saturated heterocycles. The Balaban J connectivity index is 2.04. The van der Waals surface area contributed by atoms with E-state index >= 15 is 0 Å². The summed E-state index contributed by atoms with van der Waals surface area (Å²) in [5, 5.41) is 13.1. The molecule has 2 aromatic rings. The van der Waals surface area contributed by atoms with Gasteiger partial charge in [-0.15, -0.1) is 0 Å². The van der Waals surface area contributed by atoms with Crippen LogP contribution in [0, 0.1) is 5.82 Å². The van der Waals surface area contributed by atoms with Crippen LogP contribution in [0.3, 0.4) is 0 Å². The lowest BCUT2D eigenvalue weighted by molar-refractivity contribution is 0.0912. The molecule has 0 aliphatic carbocycles. The van der Waals surface area contributed by atoms with Crippen LogP contribution in [0.5, 0.6) is 0 Å². The normalized spacial score (nSPS) is 12.0. The number of hydrogen-bond acceptors (Lipinski definition) is 2. The van der Waals surface area contributed by atoms with Crippen LogP contribution in [0.15, 0.2) is 42.5 Å². The average molecular weight is 328 g/mol. The van der Waals surface area contributed by atoms with Crippen LogP contribution in [0.1, 0.15) is 22.0 Å². The predicted octanol–water partition coefficient (Wildman–Crippen LogP) is 3.60. The lowest BCUT2D eigenvalue weighted by Crippen LogP contribution is -2.29. The Kier molecular flexibility index (Phi) is 5.17. The Hall–Kier alpha value is -1.62. The molecule has 0 aliphatic heterocycles. The molecule has 2 rings (SSSR count). The van der Waals surface area contributed by atoms with Gasteiger partial charge >= 0.3 is 0 Å². The second kappa shape index (κ2) is 6.89. The summed E-state index contributed by atoms with van der Waals surface area (Å²) in [5.41, 5.74) is 0.319. The molecule has 3 nitrogen and oxygen atoms in total. The van der Waals surface area contributed by atoms with E-state index in [-0.39, 0.29) is 17.1 Å². The Labute approximate surface area is 131 Å². The number of halogens is 3. The van der Waals surface area contributed by atoms with Crippen LogP contribution in [0.25, 0.3) is 0 Å². The van der Waals surface area contributed by atoms with E-state index in [1.807, 2.05) is 0 Å². The van der Waals surface area contributed by atoms with Crippen molar-refractivity contribution in [2.75, 3.05) is 6.54 Å². The van der Waals surface area contributed by atoms with Crippen LogP contribution in [-0.4, -0.2) is 17.6 Å². The molecule has 0 saturated carbocycles. The fourth-order valence-corrected chi connectivity index (χ4v) is 2.25. The first-order chi connectivity index (χ1) is 9.99. The number of carbonyl (C=O) groups excluding carboxylic acids is 1. The van der Waals surface area contributed by atoms with Crippen molar-refractivity contribution in [3.05, 3.63) is 69.5 Å². The second-order valence-corrected chi connectivity index (χ2v) is 5.22. The molecule has 0 aromatic heterocycles. The van der Waals surface area contributed by atoms with Crippen molar-refractivity contribution in [2.45, 2.75) is 6.10 Å². The van der Waals surface area contributed by atoms with Gasteiger partial charge in [0, 0.05) is 22.2 Å². The van der Waals surface area contributed by atoms with E-state index in [0.717, 1.165) is 6.07 Å². The van der Waals surface area contributed by atoms with Crippen LogP contribution in [0.2, 0.25) is 10.0 Å². The molecule has 0 aliphatic rings. The molecule has 6 heteroatoms. The van der Waals surface area contributed by atoms with E-state index < -0.39 is 17.8 Å². The molecule has 1 unspecified atom stereocenters. The highest BCUT2D eigenvalue weighted by Gasteiger charge is 2.15. The Morgan fingerprint density at radius 1 is 1.24 bits per heavy atom. The molecule has 0 bridgehead atoms. The number of aliphatic hydroxyl groups excluding tert-OH is 1. The van der Waals surface area contributed by atoms with Crippen molar-refractivity contribution in [1.29, 1.82) is 0 Å². The summed E-state index contributed by atoms with van der Waals surface area (Å²) in [6, 6.07) is 10.4. The Morgan fingerprint density at radius 2 is 1.95 bits per heavy atom. The monoisotopic (exact) mass is 327 g/mol. The van der Waals surface area contributed by atoms with Gasteiger partial charge in [-0.25, -0.2) is 4.39 Å². The third kappa shape index (κ3) is 3.94. The zero-order valence-corrected chi connectivity index (χ0v) is 12.3. The van der Waals surface area contributed by atoms with Gasteiger partial charge in [-0.1, -0.05) is 41.4 Å². The summed E-state index contributed by atoms with van der Waals surface area (Å²) in [7, 11) is 0. The molecule has 0 spiro atoms. The number of aliphatic hydroxyl groups is 1. The molecule has 0 heterocycles. The largest absolute Gasteiger partial charge is 0.387 e. The third-order valence-corrected chi connectivity index (χ3v) is 3.47. The zero-order valence-electron chi connectivity index (χ0n) is 10.8. The van der Waals surface area contributed by atoms with Crippen LogP contribution in [0.4, 0.5) is 4.39 Å². The summed E-state index contributed by atoms with van der Waals surface area (Å²) in [4.78, 5) is 11.9. The fourth-order valence-electron chi connectivity index (χ4n) is 1.81. The van der Waals surface area contributed by atoms with Crippen molar-refractivity contribution in [3.63, 3.8) is 0 Å². The maximum atomic E-state index is 13.5. The number of carbonyl (C=O) groups is 1. The van der Waals surface area contributed by atoms with Gasteiger partial charge in [-0.3, -0.25) is 4.79 Å². The highest BCUT2D eigenvalue weighted by molar-refractivity contribution is 6.31. The van der Waals surface area contributed by atoms with E-state index in [1.165, 1.54) is 12.1 Å². The minimum Gasteiger partial charge on any atom is -0.387 e. The van der Waals surface area contributed by atoms with Gasteiger partial charge in [0.15, 0.2) is 0 Å². The number of rotatable bonds is 4. The number of benzene rings is 2. The van der Waals surface area contributed by atoms with Crippen molar-refractivity contribution in [2.24, 2.45) is 0 Å². The maximum Gasteiger partial charge on any atom is 0.254 e. The van der Waals surface area contributed by atoms with Gasteiger partial charge in [0.05, 0.1) is 11.7 Å². The van der Waals surface area contributed by atoms with Gasteiger partial charge in [0.2, 0.25) is 0 Å². The molecule has 1 amide bonds. The van der Waals surface area contributed by atoms with Crippen LogP contribution < -0.4 is 5.32 Å². The SMILES string of the molecule is O=C(NCC(O)c1ccccc1Cl)c1cc(Cl)ccc1F. The minimum atomic E-state index is -0.982. The average Bonchev–Trinajstić information content (AvgIpc) is 2.47. The lowest BCUT2D eigenvalue weighted by Gasteiger charge is -2.14. The summed E-state index contributed by atoms with van der Waals surface area (Å²) in [5.74, 6) is -1.33. The minimum absolute atomic E-state index is 0.0888. The van der Waals surface area contributed by atoms with Gasteiger partial charge in [0.1, 0.15) is 5.82 Å². The highest BCUT2D eigenvalue weighted by Crippen LogP contribution is 2.22. The molecule has 110 valence electrons. The lowest BCUT2D eigenvalue weighted by atomic mass is 10.1. The van der Waals surface area contributed by atoms with Gasteiger partial charge in [-0.2, -0.15) is 0 Å². The summed E-state index contributed by atoms with van der Waals surface area (Å²) in [6.07, 6.45) is -0.982. The topological polar surface area (TPSA) is 49.3 Å². The Bertz CT molecular complexity index is 664. The third-order valence-electron chi connectivity index (χ3n) is 2.89. The van der Waals surface area contributed by atoms with Crippen molar-refractivity contribution in [1.82, 2.24) is 5.32 Å². The summed E-state index contributed by atoms with van der Waals surface area (Å²) in [6.45, 7) is -0.0888. The molecular weight excluding hydrogens is 316 g/mol. The van der Waals surface area contributed by atoms with E-state index in [2.05, 4.69) is 5.32 Å². The van der Waals surface area contributed by atoms with E-state index in [1.54, 1.807) is 24.3 Å². The summed E-state index contributed by atoms with van der Waals surface area (Å²) < 4.78 is 13.5. The molecular formula is C15H12Cl2FNO2. The number of hydrogen-bond donors (Lipinski definition) is 2. The molecule has 2 aromatic carbocycles. The molecule has 21 heavy (non-hydrogen) atoms. The fraction of sp³-hybridized carbons (Fsp3) is 0.133. The van der Waals surface area contributed by atoms with E-state index in [0.29, 0.717) is 10.6 Å². The first-order valence-corrected chi connectivity index (χ1v) is 6.90. The van der Waals surface area contributed by atoms with Crippen LogP contribution >= 0.6 is 23.2 Å². The quantitative estimate of drug-likeness (QED) is 0.901. The van der Waals surface area contributed by atoms with Crippen LogP contribution in [-0.2, 0) is 0 Å². The van der Waals surface area contributed by atoms with Gasteiger partial charge in [-0.05, 0) is 24.3 Å². The molecule has 2 N–H and O–H groups in total. The van der Waals surface area contributed by atoms with Crippen molar-refractivity contribution < 1.29 is 14.3 Å². The van der Waals surface area contributed by atoms with E-state index in [9.17, 15) is 14.3 Å². The van der Waals surface area contributed by atoms with Gasteiger partial charge < -0.3 is 10.4 Å². The smallest absolute Gasteiger partial charge is 0.254 e. The molecule has 0 radical (unpaired) electrons. The van der Waals surface area contributed by atoms with Crippen molar-refractivity contribution in [3.8, 4) is 0 Å². The first kappa shape index (κ1) is 15.8. The predicted molar refractivity (Wildman–Crippen MR) is 80.2 cm³/mol. The number of amides is 1. The highest BCUT2D eigenvalue weighted by atomic mass is 35.5. The first-order valence-electron chi connectivity index (χ1n) is 6.15. The van der Waals surface area contributed by atoms with E-state index in [4.69, 9.17) is 23.2 Å². The second-order valence-electron chi connectivity index (χ2n) is 4.37. The Morgan fingerprint density at radius 3 is 2.67 bits per heavy atom. The maximum absolute atomic E-state index is 13.5. The molecule has 1 atom stereocenters. The zero-order chi connectivity index (χ0) is 15.4. The van der Waals surface area contributed by atoms with Gasteiger partial charge in [0.25, 0.3) is 5.91 Å². The van der Waals surface area contributed by atoms with Crippen molar-refractivity contribution >= 4 is 29.1 Å². The standard InChI is InChI=1S/C15H12Cl2FNO2/c16-9-5-6-13(18)11(7-9)15(21)19-8-14(20)10-3-1-2-4-12(10)17/h1-7,14,20H,8H2,(H,19,21).